The number of benzene rings is 2. The van der Waals surface area contributed by atoms with Gasteiger partial charge in [-0.2, -0.15) is 0 Å². The molecule has 2 rings (SSSR count). The van der Waals surface area contributed by atoms with Crippen LogP contribution in [0.4, 0.5) is 11.4 Å². The van der Waals surface area contributed by atoms with Gasteiger partial charge in [-0.25, -0.2) is 0 Å². The van der Waals surface area contributed by atoms with Crippen LogP contribution in [0.25, 0.3) is 0 Å². The Morgan fingerprint density at radius 3 is 2.67 bits per heavy atom. The lowest BCUT2D eigenvalue weighted by atomic mass is 10.1. The van der Waals surface area contributed by atoms with E-state index in [1.54, 1.807) is 12.1 Å². The van der Waals surface area contributed by atoms with E-state index in [4.69, 9.17) is 4.74 Å². The van der Waals surface area contributed by atoms with Gasteiger partial charge in [0.05, 0.1) is 12.0 Å². The molecule has 6 heteroatoms. The van der Waals surface area contributed by atoms with Gasteiger partial charge in [-0.05, 0) is 30.7 Å². The maximum Gasteiger partial charge on any atom is 0.311 e. The van der Waals surface area contributed by atoms with Gasteiger partial charge in [-0.15, -0.1) is 0 Å². The lowest BCUT2D eigenvalue weighted by Gasteiger charge is -2.16. The Balaban J connectivity index is 2.21. The number of nitrogens with zero attached hydrogens (tertiary/aromatic N) is 1. The van der Waals surface area contributed by atoms with Gasteiger partial charge in [0.25, 0.3) is 0 Å². The predicted molar refractivity (Wildman–Crippen MR) is 85.8 cm³/mol. The third kappa shape index (κ3) is 3.72. The van der Waals surface area contributed by atoms with E-state index >= 15 is 0 Å². The van der Waals surface area contributed by atoms with E-state index in [1.807, 2.05) is 31.2 Å². The first-order chi connectivity index (χ1) is 10.0. The molecule has 0 saturated carbocycles. The Hall–Kier alpha value is -2.08. The van der Waals surface area contributed by atoms with Crippen LogP contribution in [0.3, 0.4) is 0 Å². The minimum Gasteiger partial charge on any atom is -0.490 e. The molecule has 1 unspecified atom stereocenters. The highest BCUT2D eigenvalue weighted by Gasteiger charge is 2.15. The summed E-state index contributed by atoms with van der Waals surface area (Å²) >= 11 is 3.44. The van der Waals surface area contributed by atoms with E-state index in [2.05, 4.69) is 21.2 Å². The molecule has 0 spiro atoms. The van der Waals surface area contributed by atoms with Crippen LogP contribution in [0.2, 0.25) is 0 Å². The molecule has 0 saturated heterocycles. The summed E-state index contributed by atoms with van der Waals surface area (Å²) < 4.78 is 6.07. The highest BCUT2D eigenvalue weighted by Crippen LogP contribution is 2.31. The number of nitrogens with one attached hydrogen (secondary N) is 1. The van der Waals surface area contributed by atoms with Crippen LogP contribution in [-0.2, 0) is 0 Å². The fourth-order valence-corrected chi connectivity index (χ4v) is 2.44. The van der Waals surface area contributed by atoms with Crippen molar-refractivity contribution in [3.05, 3.63) is 62.6 Å². The van der Waals surface area contributed by atoms with E-state index in [-0.39, 0.29) is 17.5 Å². The van der Waals surface area contributed by atoms with E-state index < -0.39 is 4.92 Å². The molecule has 0 aliphatic heterocycles. The molecular formula is C15H15BrN2O3. The number of nitro groups is 1. The Morgan fingerprint density at radius 1 is 1.29 bits per heavy atom. The van der Waals surface area contributed by atoms with Crippen molar-refractivity contribution in [1.82, 2.24) is 0 Å². The van der Waals surface area contributed by atoms with Crippen molar-refractivity contribution >= 4 is 27.3 Å². The average Bonchev–Trinajstić information content (AvgIpc) is 2.46. The minimum absolute atomic E-state index is 0.0434. The minimum atomic E-state index is -0.458. The van der Waals surface area contributed by atoms with Crippen molar-refractivity contribution in [3.63, 3.8) is 0 Å². The summed E-state index contributed by atoms with van der Waals surface area (Å²) in [5, 5.41) is 14.2. The van der Waals surface area contributed by atoms with E-state index in [0.717, 1.165) is 15.7 Å². The second-order valence-electron chi connectivity index (χ2n) is 4.56. The quantitative estimate of drug-likeness (QED) is 0.635. The predicted octanol–water partition coefficient (Wildman–Crippen LogP) is 4.54. The van der Waals surface area contributed by atoms with Gasteiger partial charge in [0.1, 0.15) is 0 Å². The maximum atomic E-state index is 10.9. The highest BCUT2D eigenvalue weighted by molar-refractivity contribution is 9.10. The number of hydrogen-bond acceptors (Lipinski definition) is 4. The average molecular weight is 351 g/mol. The van der Waals surface area contributed by atoms with Gasteiger partial charge in [0.15, 0.2) is 5.75 Å². The van der Waals surface area contributed by atoms with E-state index in [1.165, 1.54) is 13.2 Å². The van der Waals surface area contributed by atoms with E-state index in [0.29, 0.717) is 0 Å². The van der Waals surface area contributed by atoms with Gasteiger partial charge in [0.2, 0.25) is 0 Å². The SMILES string of the molecule is COc1cc(NC(C)c2cccc(Br)c2)ccc1[N+](=O)[O-]. The molecule has 0 aromatic heterocycles. The van der Waals surface area contributed by atoms with Crippen molar-refractivity contribution in [2.45, 2.75) is 13.0 Å². The van der Waals surface area contributed by atoms with Crippen LogP contribution in [0.15, 0.2) is 46.9 Å². The summed E-state index contributed by atoms with van der Waals surface area (Å²) in [6.07, 6.45) is 0. The molecule has 0 aliphatic carbocycles. The highest BCUT2D eigenvalue weighted by atomic mass is 79.9. The first kappa shape index (κ1) is 15.3. The van der Waals surface area contributed by atoms with Crippen LogP contribution < -0.4 is 10.1 Å². The van der Waals surface area contributed by atoms with Gasteiger partial charge in [0, 0.05) is 28.3 Å². The molecule has 110 valence electrons. The zero-order valence-electron chi connectivity index (χ0n) is 11.7. The number of rotatable bonds is 5. The summed E-state index contributed by atoms with van der Waals surface area (Å²) in [6.45, 7) is 2.02. The van der Waals surface area contributed by atoms with Crippen molar-refractivity contribution in [2.24, 2.45) is 0 Å². The summed E-state index contributed by atoms with van der Waals surface area (Å²) in [5.41, 5.74) is 1.84. The number of nitro benzene ring substituents is 1. The largest absolute Gasteiger partial charge is 0.490 e. The lowest BCUT2D eigenvalue weighted by molar-refractivity contribution is -0.385. The summed E-state index contributed by atoms with van der Waals surface area (Å²) in [4.78, 5) is 10.4. The van der Waals surface area contributed by atoms with Crippen LogP contribution in [0.5, 0.6) is 5.75 Å². The molecule has 21 heavy (non-hydrogen) atoms. The third-order valence-electron chi connectivity index (χ3n) is 3.11. The Labute approximate surface area is 131 Å². The first-order valence-electron chi connectivity index (χ1n) is 6.35. The Bertz CT molecular complexity index is 661. The van der Waals surface area contributed by atoms with Gasteiger partial charge >= 0.3 is 5.69 Å². The maximum absolute atomic E-state index is 10.9. The second-order valence-corrected chi connectivity index (χ2v) is 5.48. The number of anilines is 1. The van der Waals surface area contributed by atoms with Crippen molar-refractivity contribution < 1.29 is 9.66 Å². The number of halogens is 1. The molecule has 1 N–H and O–H groups in total. The molecule has 2 aromatic carbocycles. The lowest BCUT2D eigenvalue weighted by Crippen LogP contribution is -2.07. The summed E-state index contributed by atoms with van der Waals surface area (Å²) in [5.74, 6) is 0.242. The smallest absolute Gasteiger partial charge is 0.311 e. The van der Waals surface area contributed by atoms with Crippen LogP contribution in [0, 0.1) is 10.1 Å². The molecule has 1 atom stereocenters. The fraction of sp³-hybridized carbons (Fsp3) is 0.200. The third-order valence-corrected chi connectivity index (χ3v) is 3.60. The summed E-state index contributed by atoms with van der Waals surface area (Å²) in [7, 11) is 1.42. The van der Waals surface area contributed by atoms with E-state index in [9.17, 15) is 10.1 Å². The zero-order valence-corrected chi connectivity index (χ0v) is 13.3. The normalized spacial score (nSPS) is 11.8. The summed E-state index contributed by atoms with van der Waals surface area (Å²) in [6, 6.07) is 12.8. The Morgan fingerprint density at radius 2 is 2.05 bits per heavy atom. The van der Waals surface area contributed by atoms with Crippen molar-refractivity contribution in [3.8, 4) is 5.75 Å². The topological polar surface area (TPSA) is 64.4 Å². The number of methoxy groups -OCH3 is 1. The molecule has 0 heterocycles. The standard InChI is InChI=1S/C15H15BrN2O3/c1-10(11-4-3-5-12(16)8-11)17-13-6-7-14(18(19)20)15(9-13)21-2/h3-10,17H,1-2H3. The van der Waals surface area contributed by atoms with Crippen LogP contribution >= 0.6 is 15.9 Å². The first-order valence-corrected chi connectivity index (χ1v) is 7.15. The molecular weight excluding hydrogens is 336 g/mol. The van der Waals surface area contributed by atoms with Crippen molar-refractivity contribution in [1.29, 1.82) is 0 Å². The molecule has 0 radical (unpaired) electrons. The second kappa shape index (κ2) is 6.58. The fourth-order valence-electron chi connectivity index (χ4n) is 2.03. The van der Waals surface area contributed by atoms with Gasteiger partial charge in [-0.1, -0.05) is 28.1 Å². The number of ether oxygens (including phenoxy) is 1. The molecule has 5 nitrogen and oxygen atoms in total. The molecule has 0 fully saturated rings. The van der Waals surface area contributed by atoms with Gasteiger partial charge in [-0.3, -0.25) is 10.1 Å². The van der Waals surface area contributed by atoms with Crippen LogP contribution in [-0.4, -0.2) is 12.0 Å². The monoisotopic (exact) mass is 350 g/mol. The molecule has 2 aromatic rings. The zero-order chi connectivity index (χ0) is 15.4. The van der Waals surface area contributed by atoms with Crippen molar-refractivity contribution in [2.75, 3.05) is 12.4 Å². The Kier molecular flexibility index (Phi) is 4.80. The molecule has 0 amide bonds. The van der Waals surface area contributed by atoms with Crippen LogP contribution in [0.1, 0.15) is 18.5 Å². The molecule has 0 bridgehead atoms. The molecule has 0 aliphatic rings. The number of hydrogen-bond donors (Lipinski definition) is 1. The van der Waals surface area contributed by atoms with Gasteiger partial charge < -0.3 is 10.1 Å².